The first kappa shape index (κ1) is 13.9. The van der Waals surface area contributed by atoms with E-state index in [1.807, 2.05) is 6.92 Å². The molecule has 0 aliphatic carbocycles. The van der Waals surface area contributed by atoms with Crippen molar-refractivity contribution >= 4 is 28.5 Å². The third kappa shape index (κ3) is 3.49. The fraction of sp³-hybridized carbons (Fsp3) is 0.692. The van der Waals surface area contributed by atoms with E-state index < -0.39 is 0 Å². The third-order valence-corrected chi connectivity index (χ3v) is 5.03. The summed E-state index contributed by atoms with van der Waals surface area (Å²) >= 11 is 6.68. The van der Waals surface area contributed by atoms with Gasteiger partial charge in [0.2, 0.25) is 0 Å². The summed E-state index contributed by atoms with van der Waals surface area (Å²) in [6.07, 6.45) is 3.72. The smallest absolute Gasteiger partial charge is 0.116 e. The number of nitrogens with two attached hydrogens (primary N) is 1. The molecule has 0 radical (unpaired) electrons. The quantitative estimate of drug-likeness (QED) is 0.861. The van der Waals surface area contributed by atoms with Crippen LogP contribution in [0.15, 0.2) is 0 Å². The zero-order valence-corrected chi connectivity index (χ0v) is 12.7. The predicted molar refractivity (Wildman–Crippen MR) is 81.3 cm³/mol. The Labute approximate surface area is 118 Å². The molecule has 1 atom stereocenters. The molecule has 18 heavy (non-hydrogen) atoms. The Morgan fingerprint density at radius 2 is 2.39 bits per heavy atom. The monoisotopic (exact) mass is 283 g/mol. The summed E-state index contributed by atoms with van der Waals surface area (Å²) < 4.78 is 0. The van der Waals surface area contributed by atoms with Crippen molar-refractivity contribution in [3.63, 3.8) is 0 Å². The highest BCUT2D eigenvalue weighted by Crippen LogP contribution is 2.20. The molecule has 1 aromatic heterocycles. The Bertz CT molecular complexity index is 428. The van der Waals surface area contributed by atoms with Crippen molar-refractivity contribution in [1.29, 1.82) is 0 Å². The molecule has 0 amide bonds. The van der Waals surface area contributed by atoms with Crippen LogP contribution in [0.1, 0.15) is 35.3 Å². The number of aryl methyl sites for hydroxylation is 1. The lowest BCUT2D eigenvalue weighted by molar-refractivity contribution is 0.186. The van der Waals surface area contributed by atoms with Crippen LogP contribution in [0.3, 0.4) is 0 Å². The summed E-state index contributed by atoms with van der Waals surface area (Å²) in [7, 11) is 0. The van der Waals surface area contributed by atoms with E-state index in [9.17, 15) is 0 Å². The maximum Gasteiger partial charge on any atom is 0.116 e. The van der Waals surface area contributed by atoms with Gasteiger partial charge in [0.15, 0.2) is 0 Å². The molecule has 0 saturated carbocycles. The largest absolute Gasteiger partial charge is 0.389 e. The molecular formula is C13H21N3S2. The minimum absolute atomic E-state index is 0.475. The first-order valence-electron chi connectivity index (χ1n) is 6.54. The maximum atomic E-state index is 5.68. The van der Waals surface area contributed by atoms with E-state index in [2.05, 4.69) is 16.8 Å². The van der Waals surface area contributed by atoms with Crippen molar-refractivity contribution in [3.05, 3.63) is 15.6 Å². The fourth-order valence-electron chi connectivity index (χ4n) is 2.53. The van der Waals surface area contributed by atoms with Gasteiger partial charge in [0.1, 0.15) is 4.99 Å². The molecule has 1 saturated heterocycles. The summed E-state index contributed by atoms with van der Waals surface area (Å²) in [6.45, 7) is 7.89. The number of thiocarbonyl (C=S) groups is 1. The molecule has 2 N–H and O–H groups in total. The van der Waals surface area contributed by atoms with Crippen LogP contribution < -0.4 is 5.73 Å². The number of likely N-dealkylation sites (tertiary alicyclic amines) is 1. The van der Waals surface area contributed by atoms with Gasteiger partial charge in [0.05, 0.1) is 15.6 Å². The molecule has 2 rings (SSSR count). The molecule has 3 nitrogen and oxygen atoms in total. The first-order chi connectivity index (χ1) is 8.56. The molecule has 100 valence electrons. The zero-order valence-electron chi connectivity index (χ0n) is 11.1. The normalized spacial score (nSPS) is 21.1. The number of nitrogens with zero attached hydrogens (tertiary/aromatic N) is 2. The van der Waals surface area contributed by atoms with E-state index in [-0.39, 0.29) is 0 Å². The Morgan fingerprint density at radius 1 is 1.61 bits per heavy atom. The lowest BCUT2D eigenvalue weighted by atomic mass is 10.0. The summed E-state index contributed by atoms with van der Waals surface area (Å²) in [5, 5.41) is 1.16. The second kappa shape index (κ2) is 6.08. The predicted octanol–water partition coefficient (Wildman–Crippen LogP) is 2.36. The van der Waals surface area contributed by atoms with Crippen LogP contribution in [0.2, 0.25) is 0 Å². The van der Waals surface area contributed by atoms with E-state index in [0.717, 1.165) is 34.5 Å². The van der Waals surface area contributed by atoms with E-state index in [0.29, 0.717) is 4.99 Å². The molecule has 0 spiro atoms. The van der Waals surface area contributed by atoms with E-state index in [4.69, 9.17) is 18.0 Å². The van der Waals surface area contributed by atoms with E-state index in [1.54, 1.807) is 11.3 Å². The molecule has 1 aliphatic rings. The van der Waals surface area contributed by atoms with Crippen LogP contribution >= 0.6 is 23.6 Å². The lowest BCUT2D eigenvalue weighted by Crippen LogP contribution is -2.35. The molecule has 1 fully saturated rings. The average molecular weight is 283 g/mol. The van der Waals surface area contributed by atoms with Gasteiger partial charge in [-0.3, -0.25) is 0 Å². The van der Waals surface area contributed by atoms with Crippen molar-refractivity contribution in [2.75, 3.05) is 19.6 Å². The minimum Gasteiger partial charge on any atom is -0.389 e. The topological polar surface area (TPSA) is 42.2 Å². The second-order valence-electron chi connectivity index (χ2n) is 5.18. The van der Waals surface area contributed by atoms with Gasteiger partial charge >= 0.3 is 0 Å². The Morgan fingerprint density at radius 3 is 3.00 bits per heavy atom. The van der Waals surface area contributed by atoms with E-state index in [1.165, 1.54) is 25.9 Å². The summed E-state index contributed by atoms with van der Waals surface area (Å²) in [4.78, 5) is 8.56. The Hall–Kier alpha value is -0.520. The highest BCUT2D eigenvalue weighted by molar-refractivity contribution is 7.81. The fourth-order valence-corrected chi connectivity index (χ4v) is 3.71. The van der Waals surface area contributed by atoms with Gasteiger partial charge in [0, 0.05) is 19.5 Å². The molecule has 0 bridgehead atoms. The minimum atomic E-state index is 0.475. The van der Waals surface area contributed by atoms with Gasteiger partial charge < -0.3 is 10.6 Å². The van der Waals surface area contributed by atoms with Crippen molar-refractivity contribution in [2.24, 2.45) is 11.7 Å². The number of thiazole rings is 1. The SMILES string of the molecule is Cc1nc(CCN2CCCC(C)C2)sc1C(N)=S. The van der Waals surface area contributed by atoms with Gasteiger partial charge in [-0.25, -0.2) is 4.98 Å². The summed E-state index contributed by atoms with van der Waals surface area (Å²) in [6, 6.07) is 0. The van der Waals surface area contributed by atoms with Crippen LogP contribution in [0.25, 0.3) is 0 Å². The standard InChI is InChI=1S/C13H21N3S2/c1-9-4-3-6-16(8-9)7-5-11-15-10(2)12(18-11)13(14)17/h9H,3-8H2,1-2H3,(H2,14,17). The number of hydrogen-bond donors (Lipinski definition) is 1. The molecule has 0 aromatic carbocycles. The highest BCUT2D eigenvalue weighted by atomic mass is 32.1. The number of rotatable bonds is 4. The number of piperidine rings is 1. The van der Waals surface area contributed by atoms with Gasteiger partial charge in [-0.1, -0.05) is 19.1 Å². The maximum absolute atomic E-state index is 5.68. The van der Waals surface area contributed by atoms with Crippen molar-refractivity contribution in [1.82, 2.24) is 9.88 Å². The van der Waals surface area contributed by atoms with Gasteiger partial charge in [-0.15, -0.1) is 11.3 Å². The second-order valence-corrected chi connectivity index (χ2v) is 6.71. The Kier molecular flexibility index (Phi) is 4.70. The lowest BCUT2D eigenvalue weighted by Gasteiger charge is -2.30. The summed E-state index contributed by atoms with van der Waals surface area (Å²) in [5.74, 6) is 0.837. The molecule has 1 unspecified atom stereocenters. The first-order valence-corrected chi connectivity index (χ1v) is 7.77. The molecule has 1 aliphatic heterocycles. The zero-order chi connectivity index (χ0) is 13.1. The number of hydrogen-bond acceptors (Lipinski definition) is 4. The Balaban J connectivity index is 1.90. The van der Waals surface area contributed by atoms with Gasteiger partial charge in [-0.2, -0.15) is 0 Å². The van der Waals surface area contributed by atoms with Crippen LogP contribution in [-0.4, -0.2) is 34.5 Å². The third-order valence-electron chi connectivity index (χ3n) is 3.45. The molecule has 5 heteroatoms. The van der Waals surface area contributed by atoms with Crippen LogP contribution in [-0.2, 0) is 6.42 Å². The van der Waals surface area contributed by atoms with Crippen LogP contribution in [0.5, 0.6) is 0 Å². The number of aromatic nitrogens is 1. The van der Waals surface area contributed by atoms with Gasteiger partial charge in [-0.05, 0) is 32.2 Å². The van der Waals surface area contributed by atoms with Crippen molar-refractivity contribution in [2.45, 2.75) is 33.1 Å². The van der Waals surface area contributed by atoms with Crippen molar-refractivity contribution < 1.29 is 0 Å². The van der Waals surface area contributed by atoms with E-state index >= 15 is 0 Å². The van der Waals surface area contributed by atoms with Crippen LogP contribution in [0, 0.1) is 12.8 Å². The van der Waals surface area contributed by atoms with Gasteiger partial charge in [0.25, 0.3) is 0 Å². The summed E-state index contributed by atoms with van der Waals surface area (Å²) in [5.41, 5.74) is 6.66. The molecule has 2 heterocycles. The molecular weight excluding hydrogens is 262 g/mol. The van der Waals surface area contributed by atoms with Crippen molar-refractivity contribution in [3.8, 4) is 0 Å². The average Bonchev–Trinajstić information content (AvgIpc) is 2.68. The highest BCUT2D eigenvalue weighted by Gasteiger charge is 2.17. The van der Waals surface area contributed by atoms with Crippen LogP contribution in [0.4, 0.5) is 0 Å². The molecule has 1 aromatic rings.